The van der Waals surface area contributed by atoms with Crippen molar-refractivity contribution in [2.45, 2.75) is 0 Å². The first-order valence-electron chi connectivity index (χ1n) is 5.47. The highest BCUT2D eigenvalue weighted by atomic mass is 16.3. The van der Waals surface area contributed by atoms with Crippen molar-refractivity contribution in [3.63, 3.8) is 0 Å². The average molecular weight is 262 g/mol. The number of carbonyl (C=O) groups excluding carboxylic acids is 1. The third kappa shape index (κ3) is 2.73. The first-order valence-corrected chi connectivity index (χ1v) is 5.47. The Hall–Kier alpha value is -2.77. The van der Waals surface area contributed by atoms with Crippen LogP contribution in [-0.4, -0.2) is 30.0 Å². The van der Waals surface area contributed by atoms with Crippen molar-refractivity contribution in [2.75, 3.05) is 30.2 Å². The first-order chi connectivity index (χ1) is 9.09. The highest BCUT2D eigenvalue weighted by Gasteiger charge is 2.12. The van der Waals surface area contributed by atoms with Crippen LogP contribution in [0.25, 0.3) is 0 Å². The summed E-state index contributed by atoms with van der Waals surface area (Å²) in [6.45, 7) is 0. The Morgan fingerprint density at radius 3 is 2.84 bits per heavy atom. The molecule has 0 aromatic carbocycles. The second-order valence-electron chi connectivity index (χ2n) is 3.91. The van der Waals surface area contributed by atoms with Gasteiger partial charge in [-0.3, -0.25) is 15.6 Å². The summed E-state index contributed by atoms with van der Waals surface area (Å²) in [6, 6.07) is 3.17. The smallest absolute Gasteiger partial charge is 0.305 e. The highest BCUT2D eigenvalue weighted by Crippen LogP contribution is 2.23. The monoisotopic (exact) mass is 262 g/mol. The molecule has 0 spiro atoms. The van der Waals surface area contributed by atoms with Crippen LogP contribution < -0.4 is 21.5 Å². The molecule has 2 aromatic rings. The largest absolute Gasteiger partial charge is 0.459 e. The van der Waals surface area contributed by atoms with E-state index >= 15 is 0 Å². The molecule has 0 bridgehead atoms. The van der Waals surface area contributed by atoms with E-state index in [1.165, 1.54) is 12.6 Å². The van der Waals surface area contributed by atoms with E-state index < -0.39 is 5.91 Å². The molecule has 4 N–H and O–H groups in total. The van der Waals surface area contributed by atoms with Gasteiger partial charge in [0, 0.05) is 14.1 Å². The SMILES string of the molecule is CN(C)c1ncnc(NNC(=O)c2ccco2)c1N. The second kappa shape index (κ2) is 5.25. The van der Waals surface area contributed by atoms with Crippen LogP contribution in [0.15, 0.2) is 29.1 Å². The van der Waals surface area contributed by atoms with Gasteiger partial charge in [-0.1, -0.05) is 0 Å². The third-order valence-corrected chi connectivity index (χ3v) is 2.33. The van der Waals surface area contributed by atoms with Crippen LogP contribution in [0.2, 0.25) is 0 Å². The van der Waals surface area contributed by atoms with Gasteiger partial charge in [0.15, 0.2) is 17.4 Å². The normalized spacial score (nSPS) is 10.0. The molecule has 2 heterocycles. The molecule has 2 rings (SSSR count). The zero-order valence-corrected chi connectivity index (χ0v) is 10.5. The van der Waals surface area contributed by atoms with Crippen molar-refractivity contribution < 1.29 is 9.21 Å². The summed E-state index contributed by atoms with van der Waals surface area (Å²) in [5.74, 6) is 0.644. The van der Waals surface area contributed by atoms with Crippen LogP contribution in [0, 0.1) is 0 Å². The van der Waals surface area contributed by atoms with Gasteiger partial charge in [0.05, 0.1) is 6.26 Å². The van der Waals surface area contributed by atoms with Crippen molar-refractivity contribution in [1.29, 1.82) is 0 Å². The van der Waals surface area contributed by atoms with Gasteiger partial charge in [-0.25, -0.2) is 9.97 Å². The molecule has 0 atom stereocenters. The third-order valence-electron chi connectivity index (χ3n) is 2.33. The summed E-state index contributed by atoms with van der Waals surface area (Å²) in [6.07, 6.45) is 2.77. The first kappa shape index (κ1) is 12.7. The molecule has 0 saturated heterocycles. The molecule has 0 aliphatic rings. The Balaban J connectivity index is 2.08. The number of amides is 1. The second-order valence-corrected chi connectivity index (χ2v) is 3.91. The molecular weight excluding hydrogens is 248 g/mol. The number of rotatable bonds is 4. The van der Waals surface area contributed by atoms with E-state index in [2.05, 4.69) is 20.8 Å². The minimum atomic E-state index is -0.422. The van der Waals surface area contributed by atoms with E-state index in [1.54, 1.807) is 17.0 Å². The van der Waals surface area contributed by atoms with Crippen LogP contribution in [0.5, 0.6) is 0 Å². The van der Waals surface area contributed by atoms with E-state index in [9.17, 15) is 4.79 Å². The number of furan rings is 1. The van der Waals surface area contributed by atoms with Gasteiger partial charge in [-0.05, 0) is 12.1 Å². The molecule has 8 nitrogen and oxygen atoms in total. The van der Waals surface area contributed by atoms with Crippen LogP contribution in [0.1, 0.15) is 10.6 Å². The fourth-order valence-electron chi connectivity index (χ4n) is 1.43. The molecule has 0 fully saturated rings. The number of hydrogen-bond donors (Lipinski definition) is 3. The number of hydrazine groups is 1. The number of nitrogens with zero attached hydrogens (tertiary/aromatic N) is 3. The Labute approximate surface area is 109 Å². The highest BCUT2D eigenvalue weighted by molar-refractivity contribution is 5.92. The molecule has 1 amide bonds. The van der Waals surface area contributed by atoms with Gasteiger partial charge in [0.2, 0.25) is 0 Å². The lowest BCUT2D eigenvalue weighted by Gasteiger charge is -2.16. The van der Waals surface area contributed by atoms with E-state index in [-0.39, 0.29) is 5.76 Å². The molecule has 100 valence electrons. The molecule has 8 heteroatoms. The number of aromatic nitrogens is 2. The summed E-state index contributed by atoms with van der Waals surface area (Å²) in [4.78, 5) is 21.4. The van der Waals surface area contributed by atoms with E-state index in [0.29, 0.717) is 17.3 Å². The van der Waals surface area contributed by atoms with Crippen molar-refractivity contribution in [3.05, 3.63) is 30.5 Å². The van der Waals surface area contributed by atoms with Crippen LogP contribution >= 0.6 is 0 Å². The lowest BCUT2D eigenvalue weighted by Crippen LogP contribution is -2.30. The summed E-state index contributed by atoms with van der Waals surface area (Å²) in [7, 11) is 3.62. The maximum absolute atomic E-state index is 11.6. The predicted octanol–water partition coefficient (Wildman–Crippen LogP) is 0.475. The van der Waals surface area contributed by atoms with E-state index in [4.69, 9.17) is 10.2 Å². The van der Waals surface area contributed by atoms with E-state index in [0.717, 1.165) is 0 Å². The van der Waals surface area contributed by atoms with Gasteiger partial charge < -0.3 is 15.1 Å². The Morgan fingerprint density at radius 1 is 1.42 bits per heavy atom. The molecule has 0 radical (unpaired) electrons. The Morgan fingerprint density at radius 2 is 2.21 bits per heavy atom. The fraction of sp³-hybridized carbons (Fsp3) is 0.182. The lowest BCUT2D eigenvalue weighted by atomic mass is 10.4. The maximum Gasteiger partial charge on any atom is 0.305 e. The zero-order chi connectivity index (χ0) is 13.8. The standard InChI is InChI=1S/C11H14N6O2/c1-17(2)10-8(12)9(13-6-14-10)15-16-11(18)7-4-3-5-19-7/h3-6H,12H2,1-2H3,(H,16,18)(H,13,14,15). The molecule has 0 aliphatic heterocycles. The Bertz CT molecular complexity index is 567. The van der Waals surface area contributed by atoms with E-state index in [1.807, 2.05) is 14.1 Å². The van der Waals surface area contributed by atoms with Gasteiger partial charge in [-0.2, -0.15) is 0 Å². The molecule has 0 unspecified atom stereocenters. The fourth-order valence-corrected chi connectivity index (χ4v) is 1.43. The molecule has 0 aliphatic carbocycles. The summed E-state index contributed by atoms with van der Waals surface area (Å²) in [5, 5.41) is 0. The van der Waals surface area contributed by atoms with Gasteiger partial charge >= 0.3 is 5.91 Å². The number of nitrogen functional groups attached to an aromatic ring is 1. The van der Waals surface area contributed by atoms with Crippen molar-refractivity contribution >= 4 is 23.2 Å². The van der Waals surface area contributed by atoms with Gasteiger partial charge in [0.1, 0.15) is 12.0 Å². The Kier molecular flexibility index (Phi) is 3.51. The minimum absolute atomic E-state index is 0.188. The quantitative estimate of drug-likeness (QED) is 0.687. The number of nitrogens with two attached hydrogens (primary N) is 1. The van der Waals surface area contributed by atoms with Crippen LogP contribution in [0.4, 0.5) is 17.3 Å². The lowest BCUT2D eigenvalue weighted by molar-refractivity contribution is 0.0935. The van der Waals surface area contributed by atoms with Crippen LogP contribution in [0.3, 0.4) is 0 Å². The zero-order valence-electron chi connectivity index (χ0n) is 10.5. The van der Waals surface area contributed by atoms with Gasteiger partial charge in [0.25, 0.3) is 0 Å². The number of anilines is 3. The maximum atomic E-state index is 11.6. The molecule has 2 aromatic heterocycles. The predicted molar refractivity (Wildman–Crippen MR) is 70.6 cm³/mol. The molecule has 0 saturated carbocycles. The summed E-state index contributed by atoms with van der Waals surface area (Å²) >= 11 is 0. The number of hydrogen-bond acceptors (Lipinski definition) is 7. The minimum Gasteiger partial charge on any atom is -0.459 e. The number of carbonyl (C=O) groups is 1. The molecule has 19 heavy (non-hydrogen) atoms. The molecular formula is C11H14N6O2. The topological polar surface area (TPSA) is 109 Å². The van der Waals surface area contributed by atoms with Crippen LogP contribution in [-0.2, 0) is 0 Å². The summed E-state index contributed by atoms with van der Waals surface area (Å²) in [5.41, 5.74) is 11.3. The van der Waals surface area contributed by atoms with Crippen molar-refractivity contribution in [2.24, 2.45) is 0 Å². The van der Waals surface area contributed by atoms with Crippen molar-refractivity contribution in [3.8, 4) is 0 Å². The van der Waals surface area contributed by atoms with Gasteiger partial charge in [-0.15, -0.1) is 0 Å². The van der Waals surface area contributed by atoms with Crippen molar-refractivity contribution in [1.82, 2.24) is 15.4 Å². The number of nitrogens with one attached hydrogen (secondary N) is 2. The summed E-state index contributed by atoms with van der Waals surface area (Å²) < 4.78 is 4.95. The average Bonchev–Trinajstić information content (AvgIpc) is 2.90.